The lowest BCUT2D eigenvalue weighted by Gasteiger charge is -2.46. The minimum atomic E-state index is -0.223. The Morgan fingerprint density at radius 3 is 2.67 bits per heavy atom. The molecular formula is C35H42N6O4S. The maximum absolute atomic E-state index is 13.7. The molecule has 0 aromatic heterocycles. The summed E-state index contributed by atoms with van der Waals surface area (Å²) < 4.78 is 6.03. The Morgan fingerprint density at radius 2 is 1.87 bits per heavy atom. The molecule has 0 saturated carbocycles. The summed E-state index contributed by atoms with van der Waals surface area (Å²) in [5.74, 6) is 1.26. The minimum Gasteiger partial charge on any atom is -0.457 e. The van der Waals surface area contributed by atoms with E-state index >= 15 is 0 Å². The number of benzene rings is 2. The van der Waals surface area contributed by atoms with E-state index < -0.39 is 0 Å². The third-order valence-electron chi connectivity index (χ3n) is 9.65. The number of urea groups is 1. The first-order chi connectivity index (χ1) is 22.4. The number of amides is 4. The van der Waals surface area contributed by atoms with Crippen molar-refractivity contribution in [2.75, 3.05) is 44.2 Å². The van der Waals surface area contributed by atoms with Crippen molar-refractivity contribution >= 4 is 35.3 Å². The zero-order valence-electron chi connectivity index (χ0n) is 26.2. The number of hydrogen-bond donors (Lipinski definition) is 3. The van der Waals surface area contributed by atoms with Gasteiger partial charge in [0.15, 0.2) is 0 Å². The number of ether oxygens (including phenoxy) is 1. The van der Waals surface area contributed by atoms with Crippen LogP contribution in [0.3, 0.4) is 0 Å². The molecular weight excluding hydrogens is 600 g/mol. The molecule has 46 heavy (non-hydrogen) atoms. The van der Waals surface area contributed by atoms with Crippen LogP contribution < -0.4 is 25.6 Å². The molecule has 242 valence electrons. The zero-order valence-corrected chi connectivity index (χ0v) is 27.1. The fourth-order valence-corrected chi connectivity index (χ4v) is 8.81. The number of nitrogens with one attached hydrogen (secondary N) is 3. The second kappa shape index (κ2) is 13.5. The van der Waals surface area contributed by atoms with Crippen LogP contribution in [0.15, 0.2) is 71.3 Å². The van der Waals surface area contributed by atoms with Crippen LogP contribution >= 0.6 is 11.8 Å². The van der Waals surface area contributed by atoms with Gasteiger partial charge in [-0.25, -0.2) is 4.79 Å². The molecule has 4 saturated heterocycles. The van der Waals surface area contributed by atoms with Crippen molar-refractivity contribution in [3.63, 3.8) is 0 Å². The van der Waals surface area contributed by atoms with Crippen LogP contribution in [0.2, 0.25) is 0 Å². The van der Waals surface area contributed by atoms with Gasteiger partial charge in [0.1, 0.15) is 11.5 Å². The van der Waals surface area contributed by atoms with Gasteiger partial charge >= 0.3 is 6.03 Å². The van der Waals surface area contributed by atoms with Crippen LogP contribution in [0.25, 0.3) is 0 Å². The standard InChI is InChI=1S/C35H42N6O4S/c1-23-21-26(45-25-10-3-2-4-11-25)13-14-27(23)41-28-15-16-36-34-30(28)31(38-35(41)44)32(46-34)33(43)37-24-9-7-20-40(22-24)29(42)12-8-19-39-17-5-6-18-39/h2-4,8,10-14,21,24,28,30,34,36H,5-7,9,15-20,22H2,1H3,(H,37,43)(H,38,44)/b12-8+/t24-,28?,30?,34?/m1/s1. The van der Waals surface area contributed by atoms with Crippen LogP contribution in [0.1, 0.15) is 37.7 Å². The summed E-state index contributed by atoms with van der Waals surface area (Å²) in [5.41, 5.74) is 2.49. The largest absolute Gasteiger partial charge is 0.457 e. The van der Waals surface area contributed by atoms with E-state index in [1.807, 2.05) is 71.3 Å². The van der Waals surface area contributed by atoms with E-state index in [1.54, 1.807) is 6.08 Å². The SMILES string of the molecule is Cc1cc(Oc2ccccc2)ccc1N1C(=O)NC2=C(C(=O)N[C@@H]3CCCN(C(=O)/C=C/CN4CCCC4)C3)SC3NCCC1C23. The van der Waals surface area contributed by atoms with Gasteiger partial charge in [-0.3, -0.25) is 19.4 Å². The first kappa shape index (κ1) is 30.8. The lowest BCUT2D eigenvalue weighted by Crippen LogP contribution is -2.62. The molecule has 4 atom stereocenters. The molecule has 5 aliphatic rings. The van der Waals surface area contributed by atoms with Crippen LogP contribution in [0.5, 0.6) is 11.5 Å². The predicted octanol–water partition coefficient (Wildman–Crippen LogP) is 4.34. The van der Waals surface area contributed by atoms with Gasteiger partial charge in [-0.15, -0.1) is 0 Å². The highest BCUT2D eigenvalue weighted by Gasteiger charge is 2.52. The van der Waals surface area contributed by atoms with Gasteiger partial charge in [0.05, 0.1) is 16.3 Å². The molecule has 2 aromatic carbocycles. The number of aryl methyl sites for hydroxylation is 1. The minimum absolute atomic E-state index is 0.00284. The van der Waals surface area contributed by atoms with Crippen molar-refractivity contribution in [1.82, 2.24) is 25.8 Å². The fraction of sp³-hybridized carbons (Fsp3) is 0.457. The Kier molecular flexibility index (Phi) is 9.06. The summed E-state index contributed by atoms with van der Waals surface area (Å²) in [5, 5.41) is 9.88. The van der Waals surface area contributed by atoms with Gasteiger partial charge in [0, 0.05) is 49.1 Å². The molecule has 0 radical (unpaired) electrons. The summed E-state index contributed by atoms with van der Waals surface area (Å²) in [7, 11) is 0. The Bertz CT molecular complexity index is 1540. The molecule has 4 amide bonds. The number of nitrogens with zero attached hydrogens (tertiary/aromatic N) is 3. The highest BCUT2D eigenvalue weighted by atomic mass is 32.2. The third-order valence-corrected chi connectivity index (χ3v) is 11.0. The summed E-state index contributed by atoms with van der Waals surface area (Å²) in [6, 6.07) is 15.0. The van der Waals surface area contributed by atoms with Gasteiger partial charge in [0.25, 0.3) is 5.91 Å². The van der Waals surface area contributed by atoms with Crippen LogP contribution in [0.4, 0.5) is 10.5 Å². The monoisotopic (exact) mass is 642 g/mol. The maximum atomic E-state index is 13.7. The van der Waals surface area contributed by atoms with Gasteiger partial charge in [-0.2, -0.15) is 0 Å². The molecule has 10 nitrogen and oxygen atoms in total. The van der Waals surface area contributed by atoms with Crippen molar-refractivity contribution in [2.45, 2.75) is 56.5 Å². The molecule has 4 fully saturated rings. The summed E-state index contributed by atoms with van der Waals surface area (Å²) in [4.78, 5) is 47.0. The van der Waals surface area contributed by atoms with E-state index in [0.29, 0.717) is 29.4 Å². The molecule has 3 unspecified atom stereocenters. The lowest BCUT2D eigenvalue weighted by molar-refractivity contribution is -0.128. The number of piperidine rings is 2. The van der Waals surface area contributed by atoms with Crippen LogP contribution in [-0.4, -0.2) is 84.4 Å². The molecule has 5 aliphatic heterocycles. The summed E-state index contributed by atoms with van der Waals surface area (Å²) in [6.45, 7) is 6.94. The van der Waals surface area contributed by atoms with Crippen molar-refractivity contribution in [3.05, 3.63) is 76.8 Å². The number of rotatable bonds is 8. The summed E-state index contributed by atoms with van der Waals surface area (Å²) >= 11 is 1.50. The first-order valence-electron chi connectivity index (χ1n) is 16.5. The van der Waals surface area contributed by atoms with Gasteiger partial charge < -0.3 is 25.6 Å². The second-order valence-electron chi connectivity index (χ2n) is 12.8. The van der Waals surface area contributed by atoms with Gasteiger partial charge in [-0.1, -0.05) is 36.0 Å². The number of likely N-dealkylation sites (tertiary alicyclic amines) is 2. The van der Waals surface area contributed by atoms with Crippen LogP contribution in [0, 0.1) is 12.8 Å². The first-order valence-corrected chi connectivity index (χ1v) is 17.4. The molecule has 5 heterocycles. The second-order valence-corrected chi connectivity index (χ2v) is 13.9. The predicted molar refractivity (Wildman–Crippen MR) is 180 cm³/mol. The van der Waals surface area contributed by atoms with E-state index in [2.05, 4.69) is 20.9 Å². The zero-order chi connectivity index (χ0) is 31.6. The topological polar surface area (TPSA) is 106 Å². The van der Waals surface area contributed by atoms with Crippen molar-refractivity contribution in [1.29, 1.82) is 0 Å². The smallest absolute Gasteiger partial charge is 0.326 e. The van der Waals surface area contributed by atoms with E-state index in [9.17, 15) is 14.4 Å². The average Bonchev–Trinajstić information content (AvgIpc) is 3.71. The Balaban J connectivity index is 1.03. The van der Waals surface area contributed by atoms with Crippen molar-refractivity contribution in [2.24, 2.45) is 5.92 Å². The van der Waals surface area contributed by atoms with Gasteiger partial charge in [-0.05, 0) is 94.6 Å². The van der Waals surface area contributed by atoms with E-state index in [-0.39, 0.29) is 41.2 Å². The highest BCUT2D eigenvalue weighted by molar-refractivity contribution is 8.04. The molecule has 2 aromatic rings. The number of carbonyl (C=O) groups excluding carboxylic acids is 3. The molecule has 7 rings (SSSR count). The van der Waals surface area contributed by atoms with E-state index in [1.165, 1.54) is 24.6 Å². The van der Waals surface area contributed by atoms with Gasteiger partial charge in [0.2, 0.25) is 5.91 Å². The number of anilines is 1. The fourth-order valence-electron chi connectivity index (χ4n) is 7.41. The number of carbonyl (C=O) groups is 3. The number of hydrogen-bond acceptors (Lipinski definition) is 7. The number of thioether (sulfide) groups is 1. The number of para-hydroxylation sites is 1. The van der Waals surface area contributed by atoms with Crippen LogP contribution in [-0.2, 0) is 9.59 Å². The highest BCUT2D eigenvalue weighted by Crippen LogP contribution is 2.48. The summed E-state index contributed by atoms with van der Waals surface area (Å²) in [6.07, 6.45) is 8.54. The molecule has 0 aliphatic carbocycles. The average molecular weight is 643 g/mol. The van der Waals surface area contributed by atoms with Crippen molar-refractivity contribution < 1.29 is 19.1 Å². The Morgan fingerprint density at radius 1 is 1.04 bits per heavy atom. The van der Waals surface area contributed by atoms with E-state index in [4.69, 9.17) is 4.74 Å². The molecule has 11 heteroatoms. The molecule has 0 bridgehead atoms. The quantitative estimate of drug-likeness (QED) is 0.368. The maximum Gasteiger partial charge on any atom is 0.326 e. The Hall–Kier alpha value is -3.80. The normalized spacial score (nSPS) is 26.3. The lowest BCUT2D eigenvalue weighted by atomic mass is 9.86. The Labute approximate surface area is 274 Å². The van der Waals surface area contributed by atoms with Crippen molar-refractivity contribution in [3.8, 4) is 11.5 Å². The molecule has 0 spiro atoms. The van der Waals surface area contributed by atoms with E-state index in [0.717, 1.165) is 62.4 Å². The third kappa shape index (κ3) is 6.41. The molecule has 3 N–H and O–H groups in total.